The summed E-state index contributed by atoms with van der Waals surface area (Å²) >= 11 is 0. The van der Waals surface area contributed by atoms with Gasteiger partial charge < -0.3 is 0 Å². The number of nitrogens with zero attached hydrogens (tertiary/aromatic N) is 1. The number of benzene rings is 1. The fourth-order valence-electron chi connectivity index (χ4n) is 3.91. The van der Waals surface area contributed by atoms with Crippen LogP contribution < -0.4 is 10.9 Å². The van der Waals surface area contributed by atoms with E-state index in [0.717, 1.165) is 30.0 Å². The first-order valence-electron chi connectivity index (χ1n) is 7.44. The summed E-state index contributed by atoms with van der Waals surface area (Å²) in [5.41, 5.74) is 0.480. The molecule has 0 unspecified atom stereocenters. The van der Waals surface area contributed by atoms with Gasteiger partial charge in [0.2, 0.25) is 0 Å². The van der Waals surface area contributed by atoms with Gasteiger partial charge in [-0.25, -0.2) is 19.6 Å². The van der Waals surface area contributed by atoms with Gasteiger partial charge in [-0.3, -0.25) is 4.79 Å². The van der Waals surface area contributed by atoms with E-state index < -0.39 is 17.5 Å². The number of anilines is 1. The highest BCUT2D eigenvalue weighted by Crippen LogP contribution is 2.64. The second kappa shape index (κ2) is 4.62. The summed E-state index contributed by atoms with van der Waals surface area (Å²) in [6.07, 6.45) is 3.96. The molecular weight excluding hydrogens is 286 g/mol. The van der Waals surface area contributed by atoms with E-state index in [2.05, 4.69) is 20.8 Å². The second-order valence-electron chi connectivity index (χ2n) is 7.10. The first-order chi connectivity index (χ1) is 10.2. The molecule has 22 heavy (non-hydrogen) atoms. The molecule has 0 aliphatic heterocycles. The minimum Gasteiger partial charge on any atom is -0.268 e. The summed E-state index contributed by atoms with van der Waals surface area (Å²) < 4.78 is 26.8. The van der Waals surface area contributed by atoms with E-state index in [1.807, 2.05) is 6.08 Å². The number of carbonyl (C=O) groups is 1. The van der Waals surface area contributed by atoms with Gasteiger partial charge >= 0.3 is 0 Å². The lowest BCUT2D eigenvalue weighted by molar-refractivity contribution is -0.115. The summed E-state index contributed by atoms with van der Waals surface area (Å²) in [6.45, 7) is 6.45. The zero-order chi connectivity index (χ0) is 16.3. The number of nitrogens with two attached hydrogens (primary N) is 1. The van der Waals surface area contributed by atoms with Gasteiger partial charge in [-0.2, -0.15) is 0 Å². The minimum absolute atomic E-state index is 0.0137. The van der Waals surface area contributed by atoms with Crippen LogP contribution in [-0.2, 0) is 4.79 Å². The molecule has 1 saturated carbocycles. The molecule has 2 bridgehead atoms. The van der Waals surface area contributed by atoms with Crippen molar-refractivity contribution in [1.82, 2.24) is 0 Å². The molecule has 0 aromatic heterocycles. The Labute approximate surface area is 128 Å². The molecule has 3 rings (SSSR count). The van der Waals surface area contributed by atoms with Gasteiger partial charge in [0.1, 0.15) is 5.82 Å². The maximum absolute atomic E-state index is 13.8. The molecule has 1 aromatic carbocycles. The van der Waals surface area contributed by atoms with Gasteiger partial charge in [-0.15, -0.1) is 0 Å². The van der Waals surface area contributed by atoms with Crippen molar-refractivity contribution >= 4 is 11.6 Å². The van der Waals surface area contributed by atoms with Crippen LogP contribution in [0.2, 0.25) is 0 Å². The van der Waals surface area contributed by atoms with Crippen molar-refractivity contribution < 1.29 is 13.6 Å². The van der Waals surface area contributed by atoms with Gasteiger partial charge in [0.25, 0.3) is 5.91 Å². The Hall–Kier alpha value is -1.75. The molecule has 2 aliphatic rings. The van der Waals surface area contributed by atoms with Crippen LogP contribution in [0.4, 0.5) is 14.5 Å². The molecule has 0 radical (unpaired) electrons. The predicted octanol–water partition coefficient (Wildman–Crippen LogP) is 3.55. The molecule has 1 aromatic rings. The Morgan fingerprint density at radius 3 is 2.50 bits per heavy atom. The van der Waals surface area contributed by atoms with Crippen LogP contribution in [0.5, 0.6) is 0 Å². The highest BCUT2D eigenvalue weighted by Gasteiger charge is 2.57. The number of hydrogen-bond acceptors (Lipinski definition) is 2. The van der Waals surface area contributed by atoms with Crippen molar-refractivity contribution in [3.05, 3.63) is 41.5 Å². The van der Waals surface area contributed by atoms with Gasteiger partial charge in [-0.05, 0) is 41.7 Å². The summed E-state index contributed by atoms with van der Waals surface area (Å²) in [6, 6.07) is 3.00. The molecule has 3 nitrogen and oxygen atoms in total. The van der Waals surface area contributed by atoms with Crippen LogP contribution in [0.15, 0.2) is 29.8 Å². The molecule has 2 aliphatic carbocycles. The molecule has 0 spiro atoms. The maximum Gasteiger partial charge on any atom is 0.268 e. The molecule has 5 heteroatoms. The Morgan fingerprint density at radius 2 is 2.00 bits per heavy atom. The second-order valence-corrected chi connectivity index (χ2v) is 7.10. The van der Waals surface area contributed by atoms with Crippen LogP contribution >= 0.6 is 0 Å². The average Bonchev–Trinajstić information content (AvgIpc) is 2.78. The normalized spacial score (nSPS) is 28.6. The molecule has 118 valence electrons. The SMILES string of the molecule is CC1(C)[C@H]2CC[C@]1(C)C=C2C(=O)N(N)c1ccc(F)cc1F. The molecule has 1 amide bonds. The van der Waals surface area contributed by atoms with E-state index >= 15 is 0 Å². The van der Waals surface area contributed by atoms with E-state index in [9.17, 15) is 13.6 Å². The van der Waals surface area contributed by atoms with Gasteiger partial charge in [0.15, 0.2) is 5.82 Å². The average molecular weight is 306 g/mol. The van der Waals surface area contributed by atoms with E-state index in [1.54, 1.807) is 0 Å². The number of hydrazine groups is 1. The summed E-state index contributed by atoms with van der Waals surface area (Å²) in [7, 11) is 0. The third-order valence-electron chi connectivity index (χ3n) is 5.78. The smallest absolute Gasteiger partial charge is 0.268 e. The number of halogens is 2. The summed E-state index contributed by atoms with van der Waals surface area (Å²) in [5, 5.41) is 0.792. The fraction of sp³-hybridized carbons (Fsp3) is 0.471. The molecule has 1 fully saturated rings. The van der Waals surface area contributed by atoms with Crippen molar-refractivity contribution in [3.63, 3.8) is 0 Å². The Morgan fingerprint density at radius 1 is 1.32 bits per heavy atom. The van der Waals surface area contributed by atoms with Crippen molar-refractivity contribution in [2.45, 2.75) is 33.6 Å². The van der Waals surface area contributed by atoms with E-state index in [4.69, 9.17) is 5.84 Å². The van der Waals surface area contributed by atoms with Crippen LogP contribution in [0.3, 0.4) is 0 Å². The number of rotatable bonds is 2. The fourth-order valence-corrected chi connectivity index (χ4v) is 3.91. The summed E-state index contributed by atoms with van der Waals surface area (Å²) in [5.74, 6) is 3.99. The first-order valence-corrected chi connectivity index (χ1v) is 7.44. The molecular formula is C17H20F2N2O. The quantitative estimate of drug-likeness (QED) is 0.516. The van der Waals surface area contributed by atoms with E-state index in [-0.39, 0.29) is 22.4 Å². The van der Waals surface area contributed by atoms with E-state index in [0.29, 0.717) is 5.57 Å². The van der Waals surface area contributed by atoms with Crippen LogP contribution in [0, 0.1) is 28.4 Å². The highest BCUT2D eigenvalue weighted by molar-refractivity contribution is 6.06. The summed E-state index contributed by atoms with van der Waals surface area (Å²) in [4.78, 5) is 12.7. The molecule has 2 atom stereocenters. The Bertz CT molecular complexity index is 683. The van der Waals surface area contributed by atoms with Crippen LogP contribution in [-0.4, -0.2) is 5.91 Å². The maximum atomic E-state index is 13.8. The van der Waals surface area contributed by atoms with Crippen molar-refractivity contribution in [1.29, 1.82) is 0 Å². The monoisotopic (exact) mass is 306 g/mol. The first kappa shape index (κ1) is 15.2. The number of hydrogen-bond donors (Lipinski definition) is 1. The lowest BCUT2D eigenvalue weighted by Gasteiger charge is -2.34. The third kappa shape index (κ3) is 1.92. The topological polar surface area (TPSA) is 46.3 Å². The molecule has 2 N–H and O–H groups in total. The third-order valence-corrected chi connectivity index (χ3v) is 5.78. The number of carbonyl (C=O) groups excluding carboxylic acids is 1. The zero-order valence-electron chi connectivity index (χ0n) is 13.0. The standard InChI is InChI=1S/C17H20F2N2O/c1-16(2)12-6-7-17(16,3)9-11(12)15(22)21(20)14-5-4-10(18)8-13(14)19/h4-5,8-9,12H,6-7,20H2,1-3H3/t12-,17+/m0/s1. The Kier molecular flexibility index (Phi) is 3.18. The molecule has 0 heterocycles. The lowest BCUT2D eigenvalue weighted by Crippen LogP contribution is -2.40. The number of allylic oxidation sites excluding steroid dienone is 1. The van der Waals surface area contributed by atoms with E-state index in [1.165, 1.54) is 6.07 Å². The van der Waals surface area contributed by atoms with Crippen molar-refractivity contribution in [2.75, 3.05) is 5.01 Å². The predicted molar refractivity (Wildman–Crippen MR) is 80.7 cm³/mol. The number of amides is 1. The molecule has 0 saturated heterocycles. The lowest BCUT2D eigenvalue weighted by atomic mass is 9.70. The Balaban J connectivity index is 1.93. The van der Waals surface area contributed by atoms with Gasteiger partial charge in [0.05, 0.1) is 5.69 Å². The van der Waals surface area contributed by atoms with Gasteiger partial charge in [-0.1, -0.05) is 26.8 Å². The van der Waals surface area contributed by atoms with Crippen LogP contribution in [0.25, 0.3) is 0 Å². The van der Waals surface area contributed by atoms with Crippen molar-refractivity contribution in [3.8, 4) is 0 Å². The zero-order valence-corrected chi connectivity index (χ0v) is 13.0. The largest absolute Gasteiger partial charge is 0.268 e. The number of fused-ring (bicyclic) bond motifs is 2. The highest BCUT2D eigenvalue weighted by atomic mass is 19.1. The minimum atomic E-state index is -0.843. The van der Waals surface area contributed by atoms with Crippen molar-refractivity contribution in [2.24, 2.45) is 22.6 Å². The van der Waals surface area contributed by atoms with Gasteiger partial charge in [0, 0.05) is 11.6 Å². The van der Waals surface area contributed by atoms with Crippen LogP contribution in [0.1, 0.15) is 33.6 Å².